The minimum Gasteiger partial charge on any atom is -0.393 e. The molecule has 0 aliphatic heterocycles. The Morgan fingerprint density at radius 3 is 2.70 bits per heavy atom. The Kier molecular flexibility index (Phi) is 3.95. The SMILES string of the molecule is CC[C@]12CC=C3[C@H]4CC[C@@H](O)C[C@@H]4CC[C@H]3[C@@H]1CC[C@@H]2C(C)=O. The van der Waals surface area contributed by atoms with E-state index >= 15 is 0 Å². The minimum absolute atomic E-state index is 0.0553. The highest BCUT2D eigenvalue weighted by molar-refractivity contribution is 5.79. The average molecular weight is 316 g/mol. The van der Waals surface area contributed by atoms with Crippen LogP contribution in [0, 0.1) is 35.0 Å². The molecule has 4 aliphatic carbocycles. The molecule has 3 saturated carbocycles. The zero-order valence-electron chi connectivity index (χ0n) is 14.8. The Morgan fingerprint density at radius 1 is 1.17 bits per heavy atom. The third kappa shape index (κ3) is 2.27. The van der Waals surface area contributed by atoms with E-state index < -0.39 is 0 Å². The van der Waals surface area contributed by atoms with Crippen molar-refractivity contribution in [3.8, 4) is 0 Å². The summed E-state index contributed by atoms with van der Waals surface area (Å²) in [5.41, 5.74) is 2.01. The second-order valence-electron chi connectivity index (χ2n) is 8.86. The van der Waals surface area contributed by atoms with Gasteiger partial charge < -0.3 is 5.11 Å². The van der Waals surface area contributed by atoms with Crippen molar-refractivity contribution < 1.29 is 9.90 Å². The monoisotopic (exact) mass is 316 g/mol. The molecule has 0 amide bonds. The summed E-state index contributed by atoms with van der Waals surface area (Å²) in [5.74, 6) is 3.68. The quantitative estimate of drug-likeness (QED) is 0.761. The van der Waals surface area contributed by atoms with E-state index in [1.54, 1.807) is 5.57 Å². The third-order valence-electron chi connectivity index (χ3n) is 8.21. The molecule has 0 heterocycles. The van der Waals surface area contributed by atoms with Crippen LogP contribution in [0.3, 0.4) is 0 Å². The highest BCUT2D eigenvalue weighted by Crippen LogP contribution is 2.63. The van der Waals surface area contributed by atoms with Crippen LogP contribution < -0.4 is 0 Å². The number of rotatable bonds is 2. The number of allylic oxidation sites excluding steroid dienone is 2. The Labute approximate surface area is 140 Å². The van der Waals surface area contributed by atoms with Gasteiger partial charge in [0.2, 0.25) is 0 Å². The van der Waals surface area contributed by atoms with E-state index in [4.69, 9.17) is 0 Å². The van der Waals surface area contributed by atoms with E-state index in [1.807, 2.05) is 6.92 Å². The third-order valence-corrected chi connectivity index (χ3v) is 8.21. The number of Topliss-reactive ketones (excluding diaryl/α,β-unsaturated/α-hetero) is 1. The molecule has 2 heteroatoms. The van der Waals surface area contributed by atoms with Crippen LogP contribution in [-0.4, -0.2) is 17.0 Å². The van der Waals surface area contributed by atoms with Gasteiger partial charge in [-0.1, -0.05) is 18.6 Å². The molecule has 0 unspecified atom stereocenters. The lowest BCUT2D eigenvalue weighted by Gasteiger charge is -2.52. The molecule has 0 radical (unpaired) electrons. The van der Waals surface area contributed by atoms with E-state index in [2.05, 4.69) is 13.0 Å². The van der Waals surface area contributed by atoms with Gasteiger partial charge in [-0.3, -0.25) is 4.79 Å². The number of fused-ring (bicyclic) bond motifs is 5. The zero-order chi connectivity index (χ0) is 16.2. The van der Waals surface area contributed by atoms with Crippen LogP contribution in [0.25, 0.3) is 0 Å². The van der Waals surface area contributed by atoms with Gasteiger partial charge >= 0.3 is 0 Å². The molecule has 4 aliphatic rings. The lowest BCUT2D eigenvalue weighted by Crippen LogP contribution is -2.45. The molecule has 0 bridgehead atoms. The van der Waals surface area contributed by atoms with Crippen LogP contribution in [0.5, 0.6) is 0 Å². The summed E-state index contributed by atoms with van der Waals surface area (Å²) in [6.07, 6.45) is 13.0. The van der Waals surface area contributed by atoms with Crippen LogP contribution in [-0.2, 0) is 4.79 Å². The summed E-state index contributed by atoms with van der Waals surface area (Å²) in [5, 5.41) is 10.0. The van der Waals surface area contributed by atoms with Crippen molar-refractivity contribution in [2.24, 2.45) is 35.0 Å². The smallest absolute Gasteiger partial charge is 0.133 e. The van der Waals surface area contributed by atoms with Gasteiger partial charge in [0.25, 0.3) is 0 Å². The largest absolute Gasteiger partial charge is 0.393 e. The van der Waals surface area contributed by atoms with Crippen LogP contribution in [0.2, 0.25) is 0 Å². The van der Waals surface area contributed by atoms with Gasteiger partial charge in [-0.15, -0.1) is 0 Å². The molecule has 23 heavy (non-hydrogen) atoms. The van der Waals surface area contributed by atoms with Crippen LogP contribution in [0.4, 0.5) is 0 Å². The number of carbonyl (C=O) groups excluding carboxylic acids is 1. The average Bonchev–Trinajstić information content (AvgIpc) is 2.94. The molecule has 2 nitrogen and oxygen atoms in total. The number of ketones is 1. The maximum absolute atomic E-state index is 12.2. The molecular weight excluding hydrogens is 284 g/mol. The highest BCUT2D eigenvalue weighted by atomic mass is 16.3. The van der Waals surface area contributed by atoms with Gasteiger partial charge in [-0.2, -0.15) is 0 Å². The van der Waals surface area contributed by atoms with Crippen LogP contribution in [0.15, 0.2) is 11.6 Å². The van der Waals surface area contributed by atoms with Crippen molar-refractivity contribution in [2.45, 2.75) is 77.7 Å². The van der Waals surface area contributed by atoms with Crippen LogP contribution in [0.1, 0.15) is 71.6 Å². The molecule has 0 aromatic carbocycles. The van der Waals surface area contributed by atoms with Crippen molar-refractivity contribution >= 4 is 5.78 Å². The maximum Gasteiger partial charge on any atom is 0.133 e. The van der Waals surface area contributed by atoms with Crippen molar-refractivity contribution in [1.29, 1.82) is 0 Å². The van der Waals surface area contributed by atoms with Crippen molar-refractivity contribution in [3.63, 3.8) is 0 Å². The topological polar surface area (TPSA) is 37.3 Å². The number of aliphatic hydroxyl groups is 1. The van der Waals surface area contributed by atoms with Gasteiger partial charge in [-0.05, 0) is 93.8 Å². The maximum atomic E-state index is 12.2. The van der Waals surface area contributed by atoms with Crippen LogP contribution >= 0.6 is 0 Å². The van der Waals surface area contributed by atoms with Gasteiger partial charge in [0, 0.05) is 5.92 Å². The summed E-state index contributed by atoms with van der Waals surface area (Å²) in [6, 6.07) is 0. The molecule has 0 saturated heterocycles. The number of carbonyl (C=O) groups is 1. The fraction of sp³-hybridized carbons (Fsp3) is 0.857. The van der Waals surface area contributed by atoms with E-state index in [1.165, 1.54) is 25.7 Å². The zero-order valence-corrected chi connectivity index (χ0v) is 14.8. The molecule has 0 aromatic rings. The molecule has 0 aromatic heterocycles. The summed E-state index contributed by atoms with van der Waals surface area (Å²) in [4.78, 5) is 12.2. The fourth-order valence-electron chi connectivity index (χ4n) is 7.21. The summed E-state index contributed by atoms with van der Waals surface area (Å²) in [6.45, 7) is 4.14. The number of aliphatic hydroxyl groups excluding tert-OH is 1. The Morgan fingerprint density at radius 2 is 1.96 bits per heavy atom. The first-order chi connectivity index (χ1) is 11.1. The molecule has 7 atom stereocenters. The number of hydrogen-bond donors (Lipinski definition) is 1. The summed E-state index contributed by atoms with van der Waals surface area (Å²) in [7, 11) is 0. The van der Waals surface area contributed by atoms with Crippen molar-refractivity contribution in [1.82, 2.24) is 0 Å². The Hall–Kier alpha value is -0.630. The van der Waals surface area contributed by atoms with E-state index in [0.29, 0.717) is 11.7 Å². The molecule has 128 valence electrons. The fourth-order valence-corrected chi connectivity index (χ4v) is 7.21. The normalized spacial score (nSPS) is 48.9. The predicted molar refractivity (Wildman–Crippen MR) is 91.9 cm³/mol. The lowest BCUT2D eigenvalue weighted by molar-refractivity contribution is -0.125. The summed E-state index contributed by atoms with van der Waals surface area (Å²) >= 11 is 0. The number of hydrogen-bond acceptors (Lipinski definition) is 2. The van der Waals surface area contributed by atoms with Gasteiger partial charge in [0.15, 0.2) is 0 Å². The Balaban J connectivity index is 1.65. The first-order valence-corrected chi connectivity index (χ1v) is 9.95. The first-order valence-electron chi connectivity index (χ1n) is 9.95. The van der Waals surface area contributed by atoms with E-state index in [9.17, 15) is 9.90 Å². The molecular formula is C21H32O2. The predicted octanol–water partition coefficient (Wildman–Crippen LogP) is 4.52. The molecule has 0 spiro atoms. The van der Waals surface area contributed by atoms with E-state index in [-0.39, 0.29) is 11.5 Å². The van der Waals surface area contributed by atoms with Crippen molar-refractivity contribution in [2.75, 3.05) is 0 Å². The van der Waals surface area contributed by atoms with Crippen molar-refractivity contribution in [3.05, 3.63) is 11.6 Å². The molecule has 3 fully saturated rings. The highest BCUT2D eigenvalue weighted by Gasteiger charge is 2.56. The standard InChI is InChI=1S/C21H32O2/c1-3-21-11-10-17-16-7-5-15(23)12-14(16)4-6-18(17)20(21)9-8-19(21)13(2)22/h10,14-16,18-20,23H,3-9,11-12H2,1-2H3/t14-,15+,16-,18+,19+,20-,21+/m0/s1. The second-order valence-corrected chi connectivity index (χ2v) is 8.86. The lowest BCUT2D eigenvalue weighted by atomic mass is 9.52. The minimum atomic E-state index is -0.0553. The van der Waals surface area contributed by atoms with Gasteiger partial charge in [-0.25, -0.2) is 0 Å². The molecule has 4 rings (SSSR count). The van der Waals surface area contributed by atoms with Gasteiger partial charge in [0.1, 0.15) is 5.78 Å². The second kappa shape index (κ2) is 5.72. The van der Waals surface area contributed by atoms with Gasteiger partial charge in [0.05, 0.1) is 6.10 Å². The summed E-state index contributed by atoms with van der Waals surface area (Å²) < 4.78 is 0. The Bertz CT molecular complexity index is 522. The first kappa shape index (κ1) is 15.9. The van der Waals surface area contributed by atoms with E-state index in [0.717, 1.165) is 55.8 Å². The molecule has 1 N–H and O–H groups in total.